The number of hydrogen-bond donors (Lipinski definition) is 2. The number of pyridine rings is 1. The van der Waals surface area contributed by atoms with Gasteiger partial charge < -0.3 is 24.8 Å². The molecule has 166 valence electrons. The number of aromatic amines is 1. The van der Waals surface area contributed by atoms with E-state index in [1.807, 2.05) is 31.3 Å². The number of nitrogens with one attached hydrogen (secondary N) is 2. The smallest absolute Gasteiger partial charge is 0.182 e. The number of piperazine rings is 1. The predicted molar refractivity (Wildman–Crippen MR) is 129 cm³/mol. The number of nitrogens with zero attached hydrogens (tertiary/aromatic N) is 5. The van der Waals surface area contributed by atoms with E-state index in [1.54, 1.807) is 6.20 Å². The summed E-state index contributed by atoms with van der Waals surface area (Å²) in [5.74, 6) is 2.56. The third-order valence-electron chi connectivity index (χ3n) is 6.06. The third kappa shape index (κ3) is 3.93. The Kier molecular flexibility index (Phi) is 5.53. The van der Waals surface area contributed by atoms with Gasteiger partial charge in [-0.3, -0.25) is 0 Å². The molecule has 8 heteroatoms. The second-order valence-corrected chi connectivity index (χ2v) is 8.29. The minimum absolute atomic E-state index is 0.639. The number of anilines is 2. The molecule has 0 atom stereocenters. The van der Waals surface area contributed by atoms with Crippen LogP contribution >= 0.6 is 0 Å². The van der Waals surface area contributed by atoms with Gasteiger partial charge in [0.25, 0.3) is 0 Å². The summed E-state index contributed by atoms with van der Waals surface area (Å²) >= 11 is 0. The second-order valence-electron chi connectivity index (χ2n) is 8.29. The second kappa shape index (κ2) is 8.63. The number of aromatic nitrogens is 4. The fourth-order valence-electron chi connectivity index (χ4n) is 4.27. The molecule has 4 heterocycles. The molecule has 0 unspecified atom stereocenters. The average molecular weight is 432 g/mol. The van der Waals surface area contributed by atoms with Crippen LogP contribution in [-0.2, 0) is 6.54 Å². The molecule has 0 radical (unpaired) electrons. The van der Waals surface area contributed by atoms with Crippen molar-refractivity contribution in [1.82, 2.24) is 24.8 Å². The highest BCUT2D eigenvalue weighted by molar-refractivity contribution is 5.91. The van der Waals surface area contributed by atoms with Crippen molar-refractivity contribution in [3.05, 3.63) is 47.8 Å². The number of ether oxygens (including phenoxy) is 1. The normalized spacial score (nSPS) is 14.9. The van der Waals surface area contributed by atoms with E-state index in [0.717, 1.165) is 54.6 Å². The first-order valence-corrected chi connectivity index (χ1v) is 11.2. The van der Waals surface area contributed by atoms with Gasteiger partial charge in [-0.05, 0) is 50.2 Å². The van der Waals surface area contributed by atoms with Crippen molar-refractivity contribution >= 4 is 33.7 Å². The van der Waals surface area contributed by atoms with E-state index in [-0.39, 0.29) is 0 Å². The van der Waals surface area contributed by atoms with Gasteiger partial charge in [-0.2, -0.15) is 0 Å². The van der Waals surface area contributed by atoms with Gasteiger partial charge in [0.2, 0.25) is 0 Å². The van der Waals surface area contributed by atoms with Crippen LogP contribution in [0.5, 0.6) is 5.75 Å². The Morgan fingerprint density at radius 3 is 2.75 bits per heavy atom. The molecule has 0 saturated carbocycles. The molecule has 5 rings (SSSR count). The van der Waals surface area contributed by atoms with Crippen LogP contribution in [-0.4, -0.2) is 64.7 Å². The summed E-state index contributed by atoms with van der Waals surface area (Å²) in [5, 5.41) is 4.62. The fourth-order valence-corrected chi connectivity index (χ4v) is 4.27. The molecule has 1 aromatic carbocycles. The van der Waals surface area contributed by atoms with Crippen LogP contribution in [0, 0.1) is 6.92 Å². The number of benzene rings is 1. The van der Waals surface area contributed by atoms with E-state index in [9.17, 15) is 0 Å². The highest BCUT2D eigenvalue weighted by Gasteiger charge is 2.16. The van der Waals surface area contributed by atoms with Gasteiger partial charge in [-0.15, -0.1) is 0 Å². The maximum atomic E-state index is 5.78. The molecular formula is C24H29N7O. The van der Waals surface area contributed by atoms with Gasteiger partial charge in [0.1, 0.15) is 22.9 Å². The van der Waals surface area contributed by atoms with E-state index in [2.05, 4.69) is 45.1 Å². The molecule has 0 amide bonds. The summed E-state index contributed by atoms with van der Waals surface area (Å²) in [5.41, 5.74) is 4.89. The first kappa shape index (κ1) is 20.5. The third-order valence-corrected chi connectivity index (χ3v) is 6.06. The summed E-state index contributed by atoms with van der Waals surface area (Å²) < 4.78 is 5.78. The van der Waals surface area contributed by atoms with Crippen LogP contribution < -0.4 is 15.0 Å². The Balaban J connectivity index is 1.38. The quantitative estimate of drug-likeness (QED) is 0.483. The van der Waals surface area contributed by atoms with Crippen LogP contribution in [0.3, 0.4) is 0 Å². The zero-order valence-electron chi connectivity index (χ0n) is 18.9. The van der Waals surface area contributed by atoms with Crippen LogP contribution in [0.15, 0.2) is 36.7 Å². The lowest BCUT2D eigenvalue weighted by Gasteiger charge is -2.33. The van der Waals surface area contributed by atoms with Crippen molar-refractivity contribution in [2.45, 2.75) is 20.4 Å². The Labute approximate surface area is 187 Å². The predicted octanol–water partition coefficient (Wildman–Crippen LogP) is 3.58. The molecule has 32 heavy (non-hydrogen) atoms. The summed E-state index contributed by atoms with van der Waals surface area (Å²) in [6.45, 7) is 9.43. The number of hydrogen-bond acceptors (Lipinski definition) is 7. The van der Waals surface area contributed by atoms with Gasteiger partial charge in [0.05, 0.1) is 18.3 Å². The Morgan fingerprint density at radius 1 is 1.09 bits per heavy atom. The van der Waals surface area contributed by atoms with Gasteiger partial charge in [0, 0.05) is 44.3 Å². The van der Waals surface area contributed by atoms with Crippen LogP contribution in [0.2, 0.25) is 0 Å². The Hall–Kier alpha value is -3.39. The molecule has 0 aliphatic carbocycles. The van der Waals surface area contributed by atoms with E-state index >= 15 is 0 Å². The SMILES string of the molecule is CCOc1ccc(CNc2cnc3ccc(N4CCN(C)CC4)nc3n2)c2c(C)c[nH]c12. The van der Waals surface area contributed by atoms with E-state index in [4.69, 9.17) is 14.7 Å². The number of H-pyrrole nitrogens is 1. The standard InChI is InChI=1S/C24H29N7O/c1-4-32-19-7-5-17(22-16(2)13-27-23(19)22)14-26-20-15-25-18-6-8-21(29-24(18)28-20)31-11-9-30(3)10-12-31/h5-8,13,15,27H,4,9-12,14H2,1-3H3,(H,26,28,29). The van der Waals surface area contributed by atoms with E-state index in [1.165, 1.54) is 16.5 Å². The lowest BCUT2D eigenvalue weighted by atomic mass is 10.1. The van der Waals surface area contributed by atoms with Crippen molar-refractivity contribution in [1.29, 1.82) is 0 Å². The number of aryl methyl sites for hydroxylation is 1. The van der Waals surface area contributed by atoms with Crippen molar-refractivity contribution in [3.8, 4) is 5.75 Å². The van der Waals surface area contributed by atoms with Gasteiger partial charge >= 0.3 is 0 Å². The summed E-state index contributed by atoms with van der Waals surface area (Å²) in [4.78, 5) is 22.1. The molecule has 8 nitrogen and oxygen atoms in total. The Bertz CT molecular complexity index is 1240. The summed E-state index contributed by atoms with van der Waals surface area (Å²) in [7, 11) is 2.15. The first-order valence-electron chi connectivity index (χ1n) is 11.2. The van der Waals surface area contributed by atoms with Gasteiger partial charge in [-0.1, -0.05) is 6.07 Å². The van der Waals surface area contributed by atoms with E-state index in [0.29, 0.717) is 18.8 Å². The number of fused-ring (bicyclic) bond motifs is 2. The molecule has 0 spiro atoms. The van der Waals surface area contributed by atoms with Crippen LogP contribution in [0.25, 0.3) is 22.1 Å². The number of likely N-dealkylation sites (N-methyl/N-ethyl adjacent to an activating group) is 1. The summed E-state index contributed by atoms with van der Waals surface area (Å²) in [6.07, 6.45) is 3.80. The maximum absolute atomic E-state index is 5.78. The van der Waals surface area contributed by atoms with Crippen molar-refractivity contribution in [3.63, 3.8) is 0 Å². The molecule has 2 N–H and O–H groups in total. The minimum atomic E-state index is 0.639. The molecule has 4 aromatic rings. The lowest BCUT2D eigenvalue weighted by molar-refractivity contribution is 0.312. The highest BCUT2D eigenvalue weighted by Crippen LogP contribution is 2.31. The van der Waals surface area contributed by atoms with Crippen molar-refractivity contribution in [2.75, 3.05) is 50.1 Å². The maximum Gasteiger partial charge on any atom is 0.182 e. The molecule has 1 saturated heterocycles. The molecule has 1 fully saturated rings. The molecular weight excluding hydrogens is 402 g/mol. The topological polar surface area (TPSA) is 82.2 Å². The molecule has 0 bridgehead atoms. The van der Waals surface area contributed by atoms with Gasteiger partial charge in [-0.25, -0.2) is 15.0 Å². The van der Waals surface area contributed by atoms with Crippen molar-refractivity contribution in [2.24, 2.45) is 0 Å². The fraction of sp³-hybridized carbons (Fsp3) is 0.375. The molecule has 3 aromatic heterocycles. The molecule has 1 aliphatic rings. The zero-order valence-corrected chi connectivity index (χ0v) is 18.9. The number of rotatable bonds is 6. The average Bonchev–Trinajstić information content (AvgIpc) is 3.21. The van der Waals surface area contributed by atoms with E-state index < -0.39 is 0 Å². The lowest BCUT2D eigenvalue weighted by Crippen LogP contribution is -2.44. The largest absolute Gasteiger partial charge is 0.492 e. The van der Waals surface area contributed by atoms with Crippen LogP contribution in [0.4, 0.5) is 11.6 Å². The van der Waals surface area contributed by atoms with Crippen LogP contribution in [0.1, 0.15) is 18.1 Å². The zero-order chi connectivity index (χ0) is 22.1. The summed E-state index contributed by atoms with van der Waals surface area (Å²) in [6, 6.07) is 8.18. The highest BCUT2D eigenvalue weighted by atomic mass is 16.5. The minimum Gasteiger partial charge on any atom is -0.492 e. The molecule has 1 aliphatic heterocycles. The Morgan fingerprint density at radius 2 is 1.94 bits per heavy atom. The first-order chi connectivity index (χ1) is 15.6. The van der Waals surface area contributed by atoms with Crippen molar-refractivity contribution < 1.29 is 4.74 Å². The monoisotopic (exact) mass is 431 g/mol. The van der Waals surface area contributed by atoms with Gasteiger partial charge in [0.15, 0.2) is 5.65 Å².